The molecule has 1 aliphatic rings. The molecule has 0 aliphatic carbocycles. The van der Waals surface area contributed by atoms with E-state index in [1.807, 2.05) is 54.1 Å². The Hall–Kier alpha value is -3.23. The SMILES string of the molecule is Cn1c(-c2ccncc2)nnc1N1CCOCC1c1cc(-c2cccc(Cl)c2)on1. The number of ether oxygens (including phenoxy) is 1. The van der Waals surface area contributed by atoms with Crippen LogP contribution >= 0.6 is 11.6 Å². The first-order chi connectivity index (χ1) is 14.7. The number of aromatic nitrogens is 5. The van der Waals surface area contributed by atoms with Gasteiger partial charge >= 0.3 is 0 Å². The monoisotopic (exact) mass is 422 g/mol. The average molecular weight is 423 g/mol. The van der Waals surface area contributed by atoms with Crippen molar-refractivity contribution in [2.45, 2.75) is 6.04 Å². The zero-order valence-electron chi connectivity index (χ0n) is 16.3. The molecule has 0 amide bonds. The smallest absolute Gasteiger partial charge is 0.227 e. The van der Waals surface area contributed by atoms with Crippen LogP contribution in [-0.4, -0.2) is 44.7 Å². The molecule has 4 aromatic rings. The molecule has 0 spiro atoms. The molecule has 4 heterocycles. The number of nitrogens with zero attached hydrogens (tertiary/aromatic N) is 6. The number of benzene rings is 1. The lowest BCUT2D eigenvalue weighted by Gasteiger charge is -2.34. The van der Waals surface area contributed by atoms with Gasteiger partial charge in [-0.2, -0.15) is 0 Å². The van der Waals surface area contributed by atoms with Gasteiger partial charge in [-0.1, -0.05) is 28.9 Å². The molecule has 1 atom stereocenters. The van der Waals surface area contributed by atoms with Gasteiger partial charge in [0.2, 0.25) is 5.95 Å². The fraction of sp³-hybridized carbons (Fsp3) is 0.238. The van der Waals surface area contributed by atoms with Gasteiger partial charge in [0.25, 0.3) is 0 Å². The molecule has 8 nitrogen and oxygen atoms in total. The summed E-state index contributed by atoms with van der Waals surface area (Å²) in [6.45, 7) is 1.76. The second kappa shape index (κ2) is 7.89. The minimum Gasteiger partial charge on any atom is -0.377 e. The highest BCUT2D eigenvalue weighted by Gasteiger charge is 2.31. The van der Waals surface area contributed by atoms with Crippen molar-refractivity contribution in [3.8, 4) is 22.7 Å². The summed E-state index contributed by atoms with van der Waals surface area (Å²) >= 11 is 6.11. The van der Waals surface area contributed by atoms with E-state index in [1.165, 1.54) is 0 Å². The highest BCUT2D eigenvalue weighted by atomic mass is 35.5. The molecular formula is C21H19ClN6O2. The van der Waals surface area contributed by atoms with Crippen LogP contribution in [0.3, 0.4) is 0 Å². The average Bonchev–Trinajstić information content (AvgIpc) is 3.42. The summed E-state index contributed by atoms with van der Waals surface area (Å²) in [5, 5.41) is 13.8. The molecule has 0 radical (unpaired) electrons. The molecule has 1 aliphatic heterocycles. The van der Waals surface area contributed by atoms with Crippen LogP contribution in [0.25, 0.3) is 22.7 Å². The number of rotatable bonds is 4. The third kappa shape index (κ3) is 3.44. The highest BCUT2D eigenvalue weighted by molar-refractivity contribution is 6.30. The van der Waals surface area contributed by atoms with E-state index in [-0.39, 0.29) is 6.04 Å². The number of pyridine rings is 1. The Morgan fingerprint density at radius 2 is 1.93 bits per heavy atom. The minimum atomic E-state index is -0.136. The van der Waals surface area contributed by atoms with Crippen molar-refractivity contribution in [3.05, 3.63) is 65.6 Å². The molecule has 1 unspecified atom stereocenters. The second-order valence-electron chi connectivity index (χ2n) is 7.03. The van der Waals surface area contributed by atoms with Gasteiger partial charge in [-0.3, -0.25) is 9.55 Å². The zero-order valence-corrected chi connectivity index (χ0v) is 17.0. The molecule has 1 aromatic carbocycles. The predicted octanol–water partition coefficient (Wildman–Crippen LogP) is 3.76. The highest BCUT2D eigenvalue weighted by Crippen LogP contribution is 2.32. The van der Waals surface area contributed by atoms with Crippen LogP contribution in [0.5, 0.6) is 0 Å². The molecule has 0 N–H and O–H groups in total. The van der Waals surface area contributed by atoms with Crippen molar-refractivity contribution in [1.29, 1.82) is 0 Å². The van der Waals surface area contributed by atoms with Gasteiger partial charge in [0.15, 0.2) is 11.6 Å². The molecule has 152 valence electrons. The number of halogens is 1. The normalized spacial score (nSPS) is 16.7. The maximum Gasteiger partial charge on any atom is 0.227 e. The second-order valence-corrected chi connectivity index (χ2v) is 7.47. The van der Waals surface area contributed by atoms with Crippen LogP contribution in [-0.2, 0) is 11.8 Å². The van der Waals surface area contributed by atoms with Crippen molar-refractivity contribution >= 4 is 17.5 Å². The van der Waals surface area contributed by atoms with Crippen molar-refractivity contribution in [1.82, 2.24) is 24.9 Å². The van der Waals surface area contributed by atoms with Crippen molar-refractivity contribution in [2.75, 3.05) is 24.7 Å². The molecule has 1 fully saturated rings. The first kappa shape index (κ1) is 18.8. The van der Waals surface area contributed by atoms with Crippen LogP contribution in [0.4, 0.5) is 5.95 Å². The minimum absolute atomic E-state index is 0.136. The van der Waals surface area contributed by atoms with Gasteiger partial charge in [0, 0.05) is 48.2 Å². The maximum atomic E-state index is 6.11. The lowest BCUT2D eigenvalue weighted by Crippen LogP contribution is -2.41. The largest absolute Gasteiger partial charge is 0.377 e. The standard InChI is InChI=1S/C21H19ClN6O2/c1-27-20(14-5-7-23-8-6-14)24-25-21(27)28-9-10-29-13-18(28)17-12-19(30-26-17)15-3-2-4-16(22)11-15/h2-8,11-12,18H,9-10,13H2,1H3. The molecule has 0 saturated carbocycles. The summed E-state index contributed by atoms with van der Waals surface area (Å²) in [6.07, 6.45) is 3.49. The van der Waals surface area contributed by atoms with E-state index in [2.05, 4.69) is 25.2 Å². The lowest BCUT2D eigenvalue weighted by molar-refractivity contribution is 0.0908. The quantitative estimate of drug-likeness (QED) is 0.495. The van der Waals surface area contributed by atoms with Gasteiger partial charge in [0.1, 0.15) is 11.7 Å². The molecular weight excluding hydrogens is 404 g/mol. The van der Waals surface area contributed by atoms with Gasteiger partial charge in [-0.05, 0) is 24.3 Å². The van der Waals surface area contributed by atoms with Gasteiger partial charge in [-0.15, -0.1) is 10.2 Å². The first-order valence-corrected chi connectivity index (χ1v) is 9.95. The fourth-order valence-electron chi connectivity index (χ4n) is 3.64. The Morgan fingerprint density at radius 1 is 1.07 bits per heavy atom. The zero-order chi connectivity index (χ0) is 20.5. The third-order valence-electron chi connectivity index (χ3n) is 5.15. The summed E-state index contributed by atoms with van der Waals surface area (Å²) in [5.74, 6) is 2.19. The van der Waals surface area contributed by atoms with E-state index in [4.69, 9.17) is 20.9 Å². The van der Waals surface area contributed by atoms with Gasteiger partial charge in [0.05, 0.1) is 13.2 Å². The van der Waals surface area contributed by atoms with E-state index < -0.39 is 0 Å². The summed E-state index contributed by atoms with van der Waals surface area (Å²) in [4.78, 5) is 6.22. The summed E-state index contributed by atoms with van der Waals surface area (Å²) in [7, 11) is 1.96. The van der Waals surface area contributed by atoms with Crippen LogP contribution in [0.15, 0.2) is 59.4 Å². The van der Waals surface area contributed by atoms with Crippen molar-refractivity contribution in [2.24, 2.45) is 7.05 Å². The van der Waals surface area contributed by atoms with E-state index in [0.29, 0.717) is 30.5 Å². The van der Waals surface area contributed by atoms with E-state index in [0.717, 1.165) is 28.6 Å². The first-order valence-electron chi connectivity index (χ1n) is 9.57. The number of morpholine rings is 1. The Labute approximate surface area is 178 Å². The fourth-order valence-corrected chi connectivity index (χ4v) is 3.83. The third-order valence-corrected chi connectivity index (χ3v) is 5.39. The van der Waals surface area contributed by atoms with Crippen LogP contribution in [0.2, 0.25) is 5.02 Å². The van der Waals surface area contributed by atoms with Gasteiger partial charge < -0.3 is 14.2 Å². The Balaban J connectivity index is 1.47. The number of anilines is 1. The van der Waals surface area contributed by atoms with Crippen LogP contribution in [0, 0.1) is 0 Å². The molecule has 1 saturated heterocycles. The Kier molecular flexibility index (Phi) is 4.94. The number of hydrogen-bond acceptors (Lipinski definition) is 7. The van der Waals surface area contributed by atoms with Crippen molar-refractivity contribution < 1.29 is 9.26 Å². The van der Waals surface area contributed by atoms with Crippen LogP contribution in [0.1, 0.15) is 11.7 Å². The van der Waals surface area contributed by atoms with E-state index in [1.54, 1.807) is 12.4 Å². The molecule has 9 heteroatoms. The van der Waals surface area contributed by atoms with Gasteiger partial charge in [-0.25, -0.2) is 0 Å². The lowest BCUT2D eigenvalue weighted by atomic mass is 10.1. The van der Waals surface area contributed by atoms with E-state index in [9.17, 15) is 0 Å². The maximum absolute atomic E-state index is 6.11. The topological polar surface area (TPSA) is 82.1 Å². The summed E-state index contributed by atoms with van der Waals surface area (Å²) in [6, 6.07) is 13.1. The molecule has 3 aromatic heterocycles. The Bertz CT molecular complexity index is 1160. The summed E-state index contributed by atoms with van der Waals surface area (Å²) in [5.41, 5.74) is 2.61. The molecule has 30 heavy (non-hydrogen) atoms. The molecule has 0 bridgehead atoms. The Morgan fingerprint density at radius 3 is 2.77 bits per heavy atom. The summed E-state index contributed by atoms with van der Waals surface area (Å²) < 4.78 is 13.3. The predicted molar refractivity (Wildman–Crippen MR) is 112 cm³/mol. The number of hydrogen-bond donors (Lipinski definition) is 0. The molecule has 5 rings (SSSR count). The van der Waals surface area contributed by atoms with E-state index >= 15 is 0 Å². The van der Waals surface area contributed by atoms with Crippen molar-refractivity contribution in [3.63, 3.8) is 0 Å². The van der Waals surface area contributed by atoms with Crippen LogP contribution < -0.4 is 4.90 Å².